The first-order valence-electron chi connectivity index (χ1n) is 4.38. The Kier molecular flexibility index (Phi) is 2.02. The van der Waals surface area contributed by atoms with E-state index >= 15 is 0 Å². The van der Waals surface area contributed by atoms with Crippen LogP contribution in [0.15, 0.2) is 30.3 Å². The Bertz CT molecular complexity index is 310. The van der Waals surface area contributed by atoms with Gasteiger partial charge in [-0.15, -0.1) is 0 Å². The van der Waals surface area contributed by atoms with Crippen LogP contribution in [0.4, 0.5) is 0 Å². The molecule has 2 rings (SSSR count). The van der Waals surface area contributed by atoms with Crippen molar-refractivity contribution >= 4 is 5.91 Å². The minimum Gasteiger partial charge on any atom is -0.294 e. The van der Waals surface area contributed by atoms with E-state index in [0.29, 0.717) is 5.92 Å². The highest BCUT2D eigenvalue weighted by molar-refractivity contribution is 5.82. The van der Waals surface area contributed by atoms with Crippen molar-refractivity contribution in [2.45, 2.75) is 12.3 Å². The fourth-order valence-corrected chi connectivity index (χ4v) is 1.66. The van der Waals surface area contributed by atoms with Crippen molar-refractivity contribution in [2.24, 2.45) is 11.8 Å². The Morgan fingerprint density at radius 1 is 1.38 bits per heavy atom. The number of benzene rings is 1. The van der Waals surface area contributed by atoms with Crippen LogP contribution in [0.5, 0.6) is 0 Å². The first-order chi connectivity index (χ1) is 6.33. The van der Waals surface area contributed by atoms with E-state index < -0.39 is 0 Å². The van der Waals surface area contributed by atoms with Crippen LogP contribution in [0, 0.1) is 5.92 Å². The molecule has 3 N–H and O–H groups in total. The number of carbonyl (C=O) groups excluding carboxylic acids is 1. The molecule has 0 bridgehead atoms. The van der Waals surface area contributed by atoms with Gasteiger partial charge in [-0.05, 0) is 17.9 Å². The second kappa shape index (κ2) is 3.18. The van der Waals surface area contributed by atoms with Gasteiger partial charge in [0.25, 0.3) is 0 Å². The van der Waals surface area contributed by atoms with Crippen molar-refractivity contribution < 1.29 is 4.79 Å². The molecule has 0 radical (unpaired) electrons. The zero-order chi connectivity index (χ0) is 9.26. The number of hydrazine groups is 1. The molecule has 1 saturated carbocycles. The summed E-state index contributed by atoms with van der Waals surface area (Å²) in [5, 5.41) is 0. The average Bonchev–Trinajstić information content (AvgIpc) is 2.98. The van der Waals surface area contributed by atoms with Gasteiger partial charge in [0.05, 0.1) is 0 Å². The largest absolute Gasteiger partial charge is 0.294 e. The van der Waals surface area contributed by atoms with Crippen molar-refractivity contribution in [3.05, 3.63) is 35.9 Å². The van der Waals surface area contributed by atoms with E-state index in [-0.39, 0.29) is 11.8 Å². The fraction of sp³-hybridized carbons (Fsp3) is 0.300. The van der Waals surface area contributed by atoms with Gasteiger partial charge in [-0.2, -0.15) is 0 Å². The summed E-state index contributed by atoms with van der Waals surface area (Å²) >= 11 is 0. The topological polar surface area (TPSA) is 55.1 Å². The number of amides is 1. The van der Waals surface area contributed by atoms with Gasteiger partial charge in [-0.3, -0.25) is 10.2 Å². The minimum atomic E-state index is -0.0474. The van der Waals surface area contributed by atoms with Crippen LogP contribution in [-0.2, 0) is 4.79 Å². The van der Waals surface area contributed by atoms with Crippen LogP contribution >= 0.6 is 0 Å². The standard InChI is InChI=1S/C10H12N2O/c11-12-10(13)9-6-8(9)7-4-2-1-3-5-7/h1-5,8-9H,6,11H2,(H,12,13)/t8-,9?/m1/s1. The summed E-state index contributed by atoms with van der Waals surface area (Å²) in [4.78, 5) is 11.1. The Morgan fingerprint density at radius 2 is 2.08 bits per heavy atom. The summed E-state index contributed by atoms with van der Waals surface area (Å²) in [6.07, 6.45) is 0.924. The predicted molar refractivity (Wildman–Crippen MR) is 49.6 cm³/mol. The van der Waals surface area contributed by atoms with Gasteiger partial charge in [0.1, 0.15) is 0 Å². The molecule has 2 atom stereocenters. The Morgan fingerprint density at radius 3 is 2.69 bits per heavy atom. The summed E-state index contributed by atoms with van der Waals surface area (Å²) in [7, 11) is 0. The maximum absolute atomic E-state index is 11.1. The lowest BCUT2D eigenvalue weighted by molar-refractivity contribution is -0.122. The van der Waals surface area contributed by atoms with E-state index in [1.165, 1.54) is 5.56 Å². The summed E-state index contributed by atoms with van der Waals surface area (Å²) in [5.74, 6) is 5.48. The second-order valence-electron chi connectivity index (χ2n) is 3.37. The zero-order valence-corrected chi connectivity index (χ0v) is 7.23. The van der Waals surface area contributed by atoms with Gasteiger partial charge >= 0.3 is 0 Å². The molecule has 1 fully saturated rings. The minimum absolute atomic E-state index is 0.0474. The molecule has 1 unspecified atom stereocenters. The van der Waals surface area contributed by atoms with E-state index in [4.69, 9.17) is 5.84 Å². The number of nitrogens with one attached hydrogen (secondary N) is 1. The van der Waals surface area contributed by atoms with Gasteiger partial charge in [0, 0.05) is 5.92 Å². The molecule has 1 aliphatic rings. The molecule has 0 aliphatic heterocycles. The van der Waals surface area contributed by atoms with Gasteiger partial charge < -0.3 is 0 Å². The predicted octanol–water partition coefficient (Wildman–Crippen LogP) is 0.780. The molecule has 1 aromatic carbocycles. The molecule has 1 aliphatic carbocycles. The van der Waals surface area contributed by atoms with Crippen LogP contribution in [0.25, 0.3) is 0 Å². The maximum Gasteiger partial charge on any atom is 0.237 e. The number of carbonyl (C=O) groups is 1. The number of nitrogens with two attached hydrogens (primary N) is 1. The van der Waals surface area contributed by atoms with Crippen molar-refractivity contribution in [3.63, 3.8) is 0 Å². The number of rotatable bonds is 2. The highest BCUT2D eigenvalue weighted by Gasteiger charge is 2.43. The van der Waals surface area contributed by atoms with Gasteiger partial charge in [0.15, 0.2) is 0 Å². The number of hydrogen-bond acceptors (Lipinski definition) is 2. The lowest BCUT2D eigenvalue weighted by Crippen LogP contribution is -2.31. The van der Waals surface area contributed by atoms with Crippen LogP contribution in [-0.4, -0.2) is 5.91 Å². The molecule has 68 valence electrons. The van der Waals surface area contributed by atoms with Gasteiger partial charge in [0.2, 0.25) is 5.91 Å². The van der Waals surface area contributed by atoms with Gasteiger partial charge in [-0.1, -0.05) is 30.3 Å². The van der Waals surface area contributed by atoms with Crippen molar-refractivity contribution in [1.29, 1.82) is 0 Å². The third-order valence-electron chi connectivity index (χ3n) is 2.50. The highest BCUT2D eigenvalue weighted by atomic mass is 16.2. The molecule has 3 heteroatoms. The van der Waals surface area contributed by atoms with E-state index in [9.17, 15) is 4.79 Å². The van der Waals surface area contributed by atoms with E-state index in [0.717, 1.165) is 6.42 Å². The molecule has 1 amide bonds. The zero-order valence-electron chi connectivity index (χ0n) is 7.23. The summed E-state index contributed by atoms with van der Waals surface area (Å²) in [6.45, 7) is 0. The smallest absolute Gasteiger partial charge is 0.237 e. The molecule has 0 saturated heterocycles. The van der Waals surface area contributed by atoms with Crippen molar-refractivity contribution in [3.8, 4) is 0 Å². The van der Waals surface area contributed by atoms with Crippen LogP contribution in [0.1, 0.15) is 17.9 Å². The third kappa shape index (κ3) is 1.55. The SMILES string of the molecule is NNC(=O)C1C[C@@H]1c1ccccc1. The average molecular weight is 176 g/mol. The molecule has 0 spiro atoms. The normalized spacial score (nSPS) is 25.3. The Hall–Kier alpha value is -1.35. The molecule has 1 aromatic rings. The molecule has 13 heavy (non-hydrogen) atoms. The third-order valence-corrected chi connectivity index (χ3v) is 2.50. The second-order valence-corrected chi connectivity index (χ2v) is 3.37. The summed E-state index contributed by atoms with van der Waals surface area (Å²) in [5.41, 5.74) is 3.42. The first kappa shape index (κ1) is 8.26. The lowest BCUT2D eigenvalue weighted by atomic mass is 10.1. The van der Waals surface area contributed by atoms with Crippen molar-refractivity contribution in [1.82, 2.24) is 5.43 Å². The van der Waals surface area contributed by atoms with E-state index in [1.807, 2.05) is 18.2 Å². The van der Waals surface area contributed by atoms with Gasteiger partial charge in [-0.25, -0.2) is 5.84 Å². The Balaban J connectivity index is 2.04. The lowest BCUT2D eigenvalue weighted by Gasteiger charge is -1.98. The number of hydrogen-bond donors (Lipinski definition) is 2. The Labute approximate surface area is 76.9 Å². The van der Waals surface area contributed by atoms with E-state index in [1.54, 1.807) is 0 Å². The van der Waals surface area contributed by atoms with Crippen molar-refractivity contribution in [2.75, 3.05) is 0 Å². The molecule has 0 aromatic heterocycles. The molecular formula is C10H12N2O. The highest BCUT2D eigenvalue weighted by Crippen LogP contribution is 2.47. The fourth-order valence-electron chi connectivity index (χ4n) is 1.66. The summed E-state index contributed by atoms with van der Waals surface area (Å²) < 4.78 is 0. The summed E-state index contributed by atoms with van der Waals surface area (Å²) in [6, 6.07) is 10.1. The maximum atomic E-state index is 11.1. The van der Waals surface area contributed by atoms with E-state index in [2.05, 4.69) is 17.6 Å². The molecule has 3 nitrogen and oxygen atoms in total. The van der Waals surface area contributed by atoms with Crippen LogP contribution in [0.2, 0.25) is 0 Å². The van der Waals surface area contributed by atoms with Crippen LogP contribution < -0.4 is 11.3 Å². The molecular weight excluding hydrogens is 164 g/mol. The first-order valence-corrected chi connectivity index (χ1v) is 4.38. The van der Waals surface area contributed by atoms with Crippen LogP contribution in [0.3, 0.4) is 0 Å². The molecule has 0 heterocycles. The quantitative estimate of drug-likeness (QED) is 0.397. The monoisotopic (exact) mass is 176 g/mol.